The van der Waals surface area contributed by atoms with E-state index >= 15 is 0 Å². The molecule has 0 aromatic heterocycles. The number of nitro benzene ring substituents is 1. The lowest BCUT2D eigenvalue weighted by Crippen LogP contribution is -2.28. The van der Waals surface area contributed by atoms with Crippen molar-refractivity contribution in [1.29, 1.82) is 0 Å². The van der Waals surface area contributed by atoms with Gasteiger partial charge in [0.15, 0.2) is 5.17 Å². The number of nitrogens with zero attached hydrogens (tertiary/aromatic N) is 3. The molecule has 0 N–H and O–H groups in total. The number of hydrogen-bond donors (Lipinski definition) is 0. The molecule has 3 rings (SSSR count). The second kappa shape index (κ2) is 7.89. The van der Waals surface area contributed by atoms with Crippen molar-refractivity contribution >= 4 is 51.9 Å². The van der Waals surface area contributed by atoms with E-state index < -0.39 is 10.7 Å². The van der Waals surface area contributed by atoms with Crippen LogP contribution in [0.15, 0.2) is 52.4 Å². The monoisotopic (exact) mass is 405 g/mol. The molecule has 1 aliphatic heterocycles. The smallest absolute Gasteiger partial charge is 0.287 e. The maximum absolute atomic E-state index is 13.9. The summed E-state index contributed by atoms with van der Waals surface area (Å²) in [5.41, 5.74) is 0.355. The highest BCUT2D eigenvalue weighted by atomic mass is 35.5. The van der Waals surface area contributed by atoms with Gasteiger partial charge < -0.3 is 0 Å². The number of halogens is 2. The van der Waals surface area contributed by atoms with Crippen molar-refractivity contribution in [3.63, 3.8) is 0 Å². The highest BCUT2D eigenvalue weighted by molar-refractivity contribution is 8.18. The van der Waals surface area contributed by atoms with Gasteiger partial charge in [0.1, 0.15) is 16.5 Å². The average molecular weight is 406 g/mol. The Morgan fingerprint density at radius 1 is 1.33 bits per heavy atom. The molecular weight excluding hydrogens is 393 g/mol. The van der Waals surface area contributed by atoms with E-state index in [0.717, 1.165) is 11.8 Å². The zero-order chi connectivity index (χ0) is 19.6. The highest BCUT2D eigenvalue weighted by Crippen LogP contribution is 2.35. The van der Waals surface area contributed by atoms with Gasteiger partial charge in [0.05, 0.1) is 9.83 Å². The third kappa shape index (κ3) is 4.01. The van der Waals surface area contributed by atoms with Crippen LogP contribution >= 0.6 is 23.4 Å². The third-order valence-corrected chi connectivity index (χ3v) is 5.06. The molecule has 1 heterocycles. The van der Waals surface area contributed by atoms with Crippen LogP contribution in [0.3, 0.4) is 0 Å². The van der Waals surface area contributed by atoms with E-state index in [4.69, 9.17) is 11.6 Å². The van der Waals surface area contributed by atoms with Crippen LogP contribution in [0.4, 0.5) is 15.8 Å². The topological polar surface area (TPSA) is 75.8 Å². The van der Waals surface area contributed by atoms with E-state index in [0.29, 0.717) is 22.2 Å². The van der Waals surface area contributed by atoms with Gasteiger partial charge in [0.2, 0.25) is 0 Å². The van der Waals surface area contributed by atoms with E-state index in [2.05, 4.69) is 4.99 Å². The molecule has 27 heavy (non-hydrogen) atoms. The summed E-state index contributed by atoms with van der Waals surface area (Å²) in [5.74, 6) is -0.782. The first-order valence-electron chi connectivity index (χ1n) is 7.89. The molecule has 9 heteroatoms. The summed E-state index contributed by atoms with van der Waals surface area (Å²) in [4.78, 5) is 29.1. The zero-order valence-electron chi connectivity index (χ0n) is 14.1. The lowest BCUT2D eigenvalue weighted by Gasteiger charge is -2.12. The van der Waals surface area contributed by atoms with Crippen LogP contribution in [0.25, 0.3) is 6.08 Å². The summed E-state index contributed by atoms with van der Waals surface area (Å²) in [6.45, 7) is 2.14. The Bertz CT molecular complexity index is 994. The molecule has 0 unspecified atom stereocenters. The summed E-state index contributed by atoms with van der Waals surface area (Å²) >= 11 is 6.90. The number of carbonyl (C=O) groups excluding carboxylic acids is 1. The molecule has 0 aliphatic carbocycles. The van der Waals surface area contributed by atoms with Gasteiger partial charge in [-0.25, -0.2) is 9.38 Å². The molecule has 138 valence electrons. The van der Waals surface area contributed by atoms with Crippen LogP contribution in [0.1, 0.15) is 12.5 Å². The van der Waals surface area contributed by atoms with Gasteiger partial charge in [-0.05, 0) is 48.5 Å². The molecule has 1 amide bonds. The number of para-hydroxylation sites is 1. The van der Waals surface area contributed by atoms with E-state index in [1.807, 2.05) is 0 Å². The standard InChI is InChI=1S/C18H13ClFN3O3S/c1-2-22-17(24)16(10-11-7-8-12(19)15(9-11)23(25)26)27-18(22)21-14-6-4-3-5-13(14)20/h3-10H,2H2,1H3/b16-10+,21-18?. The van der Waals surface area contributed by atoms with Gasteiger partial charge in [0.25, 0.3) is 11.6 Å². The van der Waals surface area contributed by atoms with Crippen LogP contribution in [0, 0.1) is 15.9 Å². The number of hydrogen-bond acceptors (Lipinski definition) is 5. The Hall–Kier alpha value is -2.71. The number of aliphatic imine (C=N–C) groups is 1. The minimum atomic E-state index is -0.586. The molecule has 0 bridgehead atoms. The van der Waals surface area contributed by atoms with Gasteiger partial charge in [0, 0.05) is 12.6 Å². The van der Waals surface area contributed by atoms with E-state index in [1.165, 1.54) is 35.2 Å². The maximum Gasteiger partial charge on any atom is 0.288 e. The summed E-state index contributed by atoms with van der Waals surface area (Å²) in [6, 6.07) is 10.3. The van der Waals surface area contributed by atoms with Crippen LogP contribution < -0.4 is 0 Å². The van der Waals surface area contributed by atoms with Crippen molar-refractivity contribution in [3.05, 3.63) is 73.9 Å². The number of thioether (sulfide) groups is 1. The number of nitro groups is 1. The fourth-order valence-corrected chi connectivity index (χ4v) is 3.67. The van der Waals surface area contributed by atoms with Gasteiger partial charge in [-0.15, -0.1) is 0 Å². The Morgan fingerprint density at radius 3 is 2.74 bits per heavy atom. The normalized spacial score (nSPS) is 17.1. The van der Waals surface area contributed by atoms with Crippen LogP contribution in [-0.2, 0) is 4.79 Å². The van der Waals surface area contributed by atoms with Crippen molar-refractivity contribution in [1.82, 2.24) is 4.90 Å². The van der Waals surface area contributed by atoms with Gasteiger partial charge in [-0.1, -0.05) is 29.8 Å². The number of benzene rings is 2. The number of amidine groups is 1. The summed E-state index contributed by atoms with van der Waals surface area (Å²) in [7, 11) is 0. The van der Waals surface area contributed by atoms with Crippen molar-refractivity contribution in [3.8, 4) is 0 Å². The molecule has 0 atom stereocenters. The number of carbonyl (C=O) groups is 1. The van der Waals surface area contributed by atoms with Gasteiger partial charge in [-0.2, -0.15) is 0 Å². The lowest BCUT2D eigenvalue weighted by molar-refractivity contribution is -0.384. The second-order valence-corrected chi connectivity index (χ2v) is 6.89. The zero-order valence-corrected chi connectivity index (χ0v) is 15.6. The predicted octanol–water partition coefficient (Wildman–Crippen LogP) is 5.01. The lowest BCUT2D eigenvalue weighted by atomic mass is 10.2. The molecule has 0 spiro atoms. The van der Waals surface area contributed by atoms with Crippen LogP contribution in [0.2, 0.25) is 5.02 Å². The van der Waals surface area contributed by atoms with Crippen molar-refractivity contribution < 1.29 is 14.1 Å². The Labute approximate surface area is 163 Å². The molecule has 6 nitrogen and oxygen atoms in total. The SMILES string of the molecule is CCN1C(=O)/C(=C\c2ccc(Cl)c([N+](=O)[O-])c2)SC1=Nc1ccccc1F. The van der Waals surface area contributed by atoms with Crippen molar-refractivity contribution in [2.24, 2.45) is 4.99 Å². The van der Waals surface area contributed by atoms with E-state index in [9.17, 15) is 19.3 Å². The second-order valence-electron chi connectivity index (χ2n) is 5.47. The highest BCUT2D eigenvalue weighted by Gasteiger charge is 2.32. The Balaban J connectivity index is 1.97. The molecule has 0 saturated carbocycles. The number of amides is 1. The van der Waals surface area contributed by atoms with Crippen molar-refractivity contribution in [2.45, 2.75) is 6.92 Å². The van der Waals surface area contributed by atoms with Crippen molar-refractivity contribution in [2.75, 3.05) is 6.54 Å². The molecular formula is C18H13ClFN3O3S. The first-order chi connectivity index (χ1) is 12.9. The van der Waals surface area contributed by atoms with Gasteiger partial charge in [-0.3, -0.25) is 19.8 Å². The number of likely N-dealkylation sites (N-methyl/N-ethyl adjacent to an activating group) is 1. The molecule has 1 aliphatic rings. The number of rotatable bonds is 4. The predicted molar refractivity (Wildman–Crippen MR) is 105 cm³/mol. The van der Waals surface area contributed by atoms with E-state index in [1.54, 1.807) is 25.1 Å². The Morgan fingerprint density at radius 2 is 2.07 bits per heavy atom. The van der Waals surface area contributed by atoms with E-state index in [-0.39, 0.29) is 22.3 Å². The molecule has 1 saturated heterocycles. The average Bonchev–Trinajstić information content (AvgIpc) is 2.93. The molecule has 1 fully saturated rings. The summed E-state index contributed by atoms with van der Waals surface area (Å²) < 4.78 is 13.9. The summed E-state index contributed by atoms with van der Waals surface area (Å²) in [6.07, 6.45) is 1.53. The van der Waals surface area contributed by atoms with Gasteiger partial charge >= 0.3 is 0 Å². The minimum Gasteiger partial charge on any atom is -0.287 e. The maximum atomic E-state index is 13.9. The molecule has 2 aromatic rings. The molecule has 2 aromatic carbocycles. The minimum absolute atomic E-state index is 0.0181. The van der Waals surface area contributed by atoms with Crippen LogP contribution in [0.5, 0.6) is 0 Å². The first-order valence-corrected chi connectivity index (χ1v) is 9.08. The fraction of sp³-hybridized carbons (Fsp3) is 0.111. The quantitative estimate of drug-likeness (QED) is 0.407. The van der Waals surface area contributed by atoms with Crippen LogP contribution in [-0.4, -0.2) is 27.4 Å². The third-order valence-electron chi connectivity index (χ3n) is 3.74. The largest absolute Gasteiger partial charge is 0.288 e. The Kier molecular flexibility index (Phi) is 5.57. The first kappa shape index (κ1) is 19.1. The molecule has 0 radical (unpaired) electrons. The fourth-order valence-electron chi connectivity index (χ4n) is 2.43. The summed E-state index contributed by atoms with van der Waals surface area (Å²) in [5, 5.41) is 11.4.